The molecule has 0 aromatic heterocycles. The largest absolute Gasteiger partial charge is 0.393 e. The summed E-state index contributed by atoms with van der Waals surface area (Å²) < 4.78 is 6.61. The first-order valence-corrected chi connectivity index (χ1v) is 7.50. The molecule has 0 heterocycles. The Morgan fingerprint density at radius 3 is 2.89 bits per heavy atom. The molecule has 0 bridgehead atoms. The molecule has 0 saturated heterocycles. The van der Waals surface area contributed by atoms with Gasteiger partial charge in [0.1, 0.15) is 0 Å². The van der Waals surface area contributed by atoms with Gasteiger partial charge >= 0.3 is 0 Å². The molecule has 1 aliphatic carbocycles. The van der Waals surface area contributed by atoms with Crippen LogP contribution in [0.1, 0.15) is 31.7 Å². The Balaban J connectivity index is 1.71. The number of hydrogen-bond donors (Lipinski definition) is 1. The molecule has 1 fully saturated rings. The molecule has 0 amide bonds. The van der Waals surface area contributed by atoms with E-state index < -0.39 is 0 Å². The predicted molar refractivity (Wildman–Crippen MR) is 76.6 cm³/mol. The van der Waals surface area contributed by atoms with E-state index in [-0.39, 0.29) is 6.10 Å². The molecule has 0 spiro atoms. The van der Waals surface area contributed by atoms with Gasteiger partial charge in [-0.05, 0) is 56.2 Å². The van der Waals surface area contributed by atoms with E-state index in [1.807, 2.05) is 19.1 Å². The van der Waals surface area contributed by atoms with E-state index in [9.17, 15) is 5.11 Å². The van der Waals surface area contributed by atoms with Crippen LogP contribution in [-0.2, 0) is 11.2 Å². The highest BCUT2D eigenvalue weighted by Crippen LogP contribution is 2.34. The average molecular weight is 313 g/mol. The molecule has 1 unspecified atom stereocenters. The van der Waals surface area contributed by atoms with E-state index in [0.29, 0.717) is 12.0 Å². The number of aliphatic hydroxyl groups is 1. The minimum atomic E-state index is -0.230. The van der Waals surface area contributed by atoms with Crippen LogP contribution in [0.2, 0.25) is 0 Å². The molecule has 1 saturated carbocycles. The van der Waals surface area contributed by atoms with Gasteiger partial charge in [0.05, 0.1) is 12.2 Å². The summed E-state index contributed by atoms with van der Waals surface area (Å²) in [6.07, 6.45) is 4.09. The molecule has 0 aliphatic heterocycles. The van der Waals surface area contributed by atoms with Gasteiger partial charge in [-0.15, -0.1) is 0 Å². The molecule has 3 heteroatoms. The highest BCUT2D eigenvalue weighted by molar-refractivity contribution is 9.10. The molecular formula is C15H21BrO2. The normalized spacial score (nSPS) is 24.6. The monoisotopic (exact) mass is 312 g/mol. The maximum atomic E-state index is 10.1. The van der Waals surface area contributed by atoms with Crippen molar-refractivity contribution >= 4 is 15.9 Å². The number of aliphatic hydroxyl groups excluding tert-OH is 1. The Labute approximate surface area is 117 Å². The van der Waals surface area contributed by atoms with Crippen molar-refractivity contribution in [2.75, 3.05) is 6.61 Å². The standard InChI is InChI=1S/C15H21BrO2/c1-2-18-15-9-12(10-15)8-14(17)7-11-4-3-5-13(16)6-11/h3-6,12,14-15,17H,2,7-10H2,1H3. The number of rotatable bonds is 6. The zero-order valence-electron chi connectivity index (χ0n) is 10.8. The van der Waals surface area contributed by atoms with Crippen LogP contribution in [0.15, 0.2) is 28.7 Å². The fourth-order valence-corrected chi connectivity index (χ4v) is 3.09. The second-order valence-electron chi connectivity index (χ2n) is 5.14. The van der Waals surface area contributed by atoms with Crippen LogP contribution >= 0.6 is 15.9 Å². The third-order valence-corrected chi connectivity index (χ3v) is 4.05. The van der Waals surface area contributed by atoms with Crippen LogP contribution < -0.4 is 0 Å². The minimum Gasteiger partial charge on any atom is -0.393 e. The minimum absolute atomic E-state index is 0.230. The molecular weight excluding hydrogens is 292 g/mol. The van der Waals surface area contributed by atoms with E-state index in [0.717, 1.165) is 36.8 Å². The van der Waals surface area contributed by atoms with Crippen molar-refractivity contribution in [3.05, 3.63) is 34.3 Å². The van der Waals surface area contributed by atoms with Gasteiger partial charge in [0.15, 0.2) is 0 Å². The third-order valence-electron chi connectivity index (χ3n) is 3.56. The second-order valence-corrected chi connectivity index (χ2v) is 6.05. The maximum absolute atomic E-state index is 10.1. The third kappa shape index (κ3) is 4.08. The van der Waals surface area contributed by atoms with Gasteiger partial charge in [-0.1, -0.05) is 28.1 Å². The lowest BCUT2D eigenvalue weighted by Gasteiger charge is -2.36. The fraction of sp³-hybridized carbons (Fsp3) is 0.600. The molecule has 100 valence electrons. The van der Waals surface area contributed by atoms with E-state index >= 15 is 0 Å². The molecule has 1 atom stereocenters. The Morgan fingerprint density at radius 1 is 1.44 bits per heavy atom. The Bertz CT molecular complexity index is 375. The number of benzene rings is 1. The zero-order valence-corrected chi connectivity index (χ0v) is 12.4. The zero-order chi connectivity index (χ0) is 13.0. The van der Waals surface area contributed by atoms with Crippen molar-refractivity contribution in [2.45, 2.75) is 44.8 Å². The summed E-state index contributed by atoms with van der Waals surface area (Å²) in [6.45, 7) is 2.84. The molecule has 2 nitrogen and oxygen atoms in total. The highest BCUT2D eigenvalue weighted by Gasteiger charge is 2.30. The predicted octanol–water partition coefficient (Wildman–Crippen LogP) is 3.56. The van der Waals surface area contributed by atoms with Gasteiger partial charge in [0.25, 0.3) is 0 Å². The maximum Gasteiger partial charge on any atom is 0.0583 e. The van der Waals surface area contributed by atoms with Crippen LogP contribution in [0.3, 0.4) is 0 Å². The highest BCUT2D eigenvalue weighted by atomic mass is 79.9. The Morgan fingerprint density at radius 2 is 2.22 bits per heavy atom. The van der Waals surface area contributed by atoms with Crippen molar-refractivity contribution in [3.8, 4) is 0 Å². The SMILES string of the molecule is CCOC1CC(CC(O)Cc2cccc(Br)c2)C1. The van der Waals surface area contributed by atoms with Crippen molar-refractivity contribution in [1.29, 1.82) is 0 Å². The summed E-state index contributed by atoms with van der Waals surface area (Å²) in [5.74, 6) is 0.642. The first-order chi connectivity index (χ1) is 8.67. The van der Waals surface area contributed by atoms with Crippen LogP contribution in [0.25, 0.3) is 0 Å². The van der Waals surface area contributed by atoms with Crippen molar-refractivity contribution in [3.63, 3.8) is 0 Å². The summed E-state index contributed by atoms with van der Waals surface area (Å²) in [7, 11) is 0. The fourth-order valence-electron chi connectivity index (χ4n) is 2.64. The average Bonchev–Trinajstić information content (AvgIpc) is 2.26. The quantitative estimate of drug-likeness (QED) is 0.870. The first kappa shape index (κ1) is 14.0. The van der Waals surface area contributed by atoms with E-state index in [1.165, 1.54) is 5.56 Å². The van der Waals surface area contributed by atoms with Gasteiger partial charge in [0.2, 0.25) is 0 Å². The number of ether oxygens (including phenoxy) is 1. The summed E-state index contributed by atoms with van der Waals surface area (Å²) in [6, 6.07) is 8.17. The van der Waals surface area contributed by atoms with Crippen LogP contribution in [0, 0.1) is 5.92 Å². The van der Waals surface area contributed by atoms with Crippen molar-refractivity contribution < 1.29 is 9.84 Å². The van der Waals surface area contributed by atoms with Gasteiger partial charge in [0, 0.05) is 11.1 Å². The van der Waals surface area contributed by atoms with Gasteiger partial charge in [-0.25, -0.2) is 0 Å². The van der Waals surface area contributed by atoms with Gasteiger partial charge < -0.3 is 9.84 Å². The lowest BCUT2D eigenvalue weighted by atomic mass is 9.78. The lowest BCUT2D eigenvalue weighted by molar-refractivity contribution is -0.0375. The summed E-state index contributed by atoms with van der Waals surface area (Å²) in [5.41, 5.74) is 1.19. The van der Waals surface area contributed by atoms with Crippen LogP contribution in [0.5, 0.6) is 0 Å². The summed E-state index contributed by atoms with van der Waals surface area (Å²) in [4.78, 5) is 0. The summed E-state index contributed by atoms with van der Waals surface area (Å²) in [5, 5.41) is 10.1. The molecule has 0 radical (unpaired) electrons. The molecule has 2 rings (SSSR count). The van der Waals surface area contributed by atoms with E-state index in [2.05, 4.69) is 28.1 Å². The van der Waals surface area contributed by atoms with Crippen LogP contribution in [0.4, 0.5) is 0 Å². The van der Waals surface area contributed by atoms with E-state index in [4.69, 9.17) is 4.74 Å². The van der Waals surface area contributed by atoms with Crippen molar-refractivity contribution in [1.82, 2.24) is 0 Å². The Kier molecular flexibility index (Phi) is 5.22. The van der Waals surface area contributed by atoms with Gasteiger partial charge in [-0.3, -0.25) is 0 Å². The molecule has 18 heavy (non-hydrogen) atoms. The Hall–Kier alpha value is -0.380. The van der Waals surface area contributed by atoms with Crippen LogP contribution in [-0.4, -0.2) is 23.9 Å². The second kappa shape index (κ2) is 6.69. The molecule has 1 aromatic carbocycles. The smallest absolute Gasteiger partial charge is 0.0583 e. The molecule has 1 N–H and O–H groups in total. The lowest BCUT2D eigenvalue weighted by Crippen LogP contribution is -2.34. The van der Waals surface area contributed by atoms with E-state index in [1.54, 1.807) is 0 Å². The van der Waals surface area contributed by atoms with Gasteiger partial charge in [-0.2, -0.15) is 0 Å². The van der Waals surface area contributed by atoms with Crippen molar-refractivity contribution in [2.24, 2.45) is 5.92 Å². The molecule has 1 aromatic rings. The summed E-state index contributed by atoms with van der Waals surface area (Å²) >= 11 is 3.45. The number of hydrogen-bond acceptors (Lipinski definition) is 2. The number of halogens is 1. The molecule has 1 aliphatic rings. The first-order valence-electron chi connectivity index (χ1n) is 6.71. The topological polar surface area (TPSA) is 29.5 Å².